The van der Waals surface area contributed by atoms with Crippen LogP contribution in [0.1, 0.15) is 35.7 Å². The predicted octanol–water partition coefficient (Wildman–Crippen LogP) is 4.28. The maximum Gasteiger partial charge on any atom is 0.257 e. The van der Waals surface area contributed by atoms with E-state index in [0.29, 0.717) is 22.7 Å². The molecule has 0 spiro atoms. The second-order valence-corrected chi connectivity index (χ2v) is 6.19. The molecule has 0 atom stereocenters. The summed E-state index contributed by atoms with van der Waals surface area (Å²) in [7, 11) is 0. The molecular weight excluding hydrogens is 324 g/mol. The first-order valence-corrected chi connectivity index (χ1v) is 8.47. The highest BCUT2D eigenvalue weighted by Crippen LogP contribution is 2.31. The van der Waals surface area contributed by atoms with Crippen LogP contribution in [-0.2, 0) is 11.2 Å². The number of fused-ring (bicyclic) bond motifs is 1. The number of halogens is 1. The van der Waals surface area contributed by atoms with Crippen LogP contribution in [0.5, 0.6) is 0 Å². The van der Waals surface area contributed by atoms with Gasteiger partial charge in [0.2, 0.25) is 5.91 Å². The number of carbonyl (C=O) groups excluding carboxylic acids is 2. The highest BCUT2D eigenvalue weighted by Gasteiger charge is 2.22. The molecule has 124 valence electrons. The number of anilines is 2. The molecule has 24 heavy (non-hydrogen) atoms. The molecule has 0 unspecified atom stereocenters. The largest absolute Gasteiger partial charge is 0.322 e. The van der Waals surface area contributed by atoms with Crippen LogP contribution in [0.15, 0.2) is 42.5 Å². The van der Waals surface area contributed by atoms with Crippen molar-refractivity contribution in [1.82, 2.24) is 0 Å². The van der Waals surface area contributed by atoms with Gasteiger partial charge in [0.05, 0.1) is 10.6 Å². The van der Waals surface area contributed by atoms with Crippen molar-refractivity contribution in [1.29, 1.82) is 0 Å². The fourth-order valence-electron chi connectivity index (χ4n) is 2.95. The summed E-state index contributed by atoms with van der Waals surface area (Å²) < 4.78 is 0. The van der Waals surface area contributed by atoms with Gasteiger partial charge in [-0.3, -0.25) is 9.59 Å². The van der Waals surface area contributed by atoms with Crippen LogP contribution in [0.25, 0.3) is 0 Å². The normalized spacial score (nSPS) is 13.3. The molecule has 0 saturated heterocycles. The van der Waals surface area contributed by atoms with Crippen LogP contribution in [0, 0.1) is 0 Å². The number of hydrogen-bond donors (Lipinski definition) is 1. The minimum absolute atomic E-state index is 0.102. The maximum absolute atomic E-state index is 12.4. The molecular formula is C19H19ClN2O2. The molecule has 1 N–H and O–H groups in total. The Bertz CT molecular complexity index is 789. The molecule has 4 nitrogen and oxygen atoms in total. The van der Waals surface area contributed by atoms with Gasteiger partial charge in [-0.05, 0) is 42.7 Å². The first-order valence-electron chi connectivity index (χ1n) is 8.09. The van der Waals surface area contributed by atoms with E-state index in [-0.39, 0.29) is 11.8 Å². The molecule has 2 aromatic rings. The van der Waals surface area contributed by atoms with Gasteiger partial charge in [-0.1, -0.05) is 36.7 Å². The Morgan fingerprint density at radius 2 is 2.00 bits per heavy atom. The van der Waals surface area contributed by atoms with Crippen molar-refractivity contribution in [2.24, 2.45) is 0 Å². The summed E-state index contributed by atoms with van der Waals surface area (Å²) in [5.74, 6) is -0.157. The van der Waals surface area contributed by atoms with Crippen LogP contribution < -0.4 is 10.2 Å². The van der Waals surface area contributed by atoms with Gasteiger partial charge in [-0.15, -0.1) is 0 Å². The van der Waals surface area contributed by atoms with E-state index < -0.39 is 0 Å². The molecule has 2 amide bonds. The predicted molar refractivity (Wildman–Crippen MR) is 96.8 cm³/mol. The fraction of sp³-hybridized carbons (Fsp3) is 0.263. The lowest BCUT2D eigenvalue weighted by atomic mass is 10.0. The van der Waals surface area contributed by atoms with Crippen LogP contribution in [0.3, 0.4) is 0 Å². The number of carbonyl (C=O) groups is 2. The van der Waals surface area contributed by atoms with E-state index >= 15 is 0 Å². The zero-order valence-electron chi connectivity index (χ0n) is 13.5. The van der Waals surface area contributed by atoms with Crippen LogP contribution in [0.2, 0.25) is 5.02 Å². The molecule has 2 aromatic carbocycles. The second kappa shape index (κ2) is 7.05. The minimum Gasteiger partial charge on any atom is -0.322 e. The third-order valence-corrected chi connectivity index (χ3v) is 4.51. The Labute approximate surface area is 146 Å². The van der Waals surface area contributed by atoms with Crippen molar-refractivity contribution < 1.29 is 9.59 Å². The van der Waals surface area contributed by atoms with E-state index in [1.807, 2.05) is 30.0 Å². The first-order chi connectivity index (χ1) is 11.6. The van der Waals surface area contributed by atoms with E-state index in [2.05, 4.69) is 5.32 Å². The molecule has 0 radical (unpaired) electrons. The summed E-state index contributed by atoms with van der Waals surface area (Å²) in [5.41, 5.74) is 3.12. The van der Waals surface area contributed by atoms with Crippen molar-refractivity contribution in [2.75, 3.05) is 16.8 Å². The zero-order chi connectivity index (χ0) is 17.1. The Morgan fingerprint density at radius 3 is 2.75 bits per heavy atom. The van der Waals surface area contributed by atoms with E-state index in [1.165, 1.54) is 0 Å². The van der Waals surface area contributed by atoms with Crippen molar-refractivity contribution in [2.45, 2.75) is 26.2 Å². The second-order valence-electron chi connectivity index (χ2n) is 5.78. The lowest BCUT2D eigenvalue weighted by Gasteiger charge is -2.29. The fourth-order valence-corrected chi connectivity index (χ4v) is 3.17. The van der Waals surface area contributed by atoms with Gasteiger partial charge in [0.25, 0.3) is 5.91 Å². The summed E-state index contributed by atoms with van der Waals surface area (Å²) in [6.45, 7) is 2.58. The first kappa shape index (κ1) is 16.5. The molecule has 0 aromatic heterocycles. The van der Waals surface area contributed by atoms with Crippen molar-refractivity contribution in [3.05, 3.63) is 58.6 Å². The summed E-state index contributed by atoms with van der Waals surface area (Å²) in [5, 5.41) is 3.28. The highest BCUT2D eigenvalue weighted by atomic mass is 35.5. The van der Waals surface area contributed by atoms with E-state index in [4.69, 9.17) is 11.6 Å². The number of nitrogens with zero attached hydrogens (tertiary/aromatic N) is 1. The maximum atomic E-state index is 12.4. The lowest BCUT2D eigenvalue weighted by molar-refractivity contribution is -0.118. The molecule has 0 fully saturated rings. The average Bonchev–Trinajstić information content (AvgIpc) is 2.60. The number of aryl methyl sites for hydroxylation is 1. The molecule has 0 bridgehead atoms. The summed E-state index contributed by atoms with van der Waals surface area (Å²) in [6, 6.07) is 12.6. The van der Waals surface area contributed by atoms with Gasteiger partial charge < -0.3 is 10.2 Å². The van der Waals surface area contributed by atoms with E-state index in [0.717, 1.165) is 30.6 Å². The molecule has 5 heteroatoms. The smallest absolute Gasteiger partial charge is 0.257 e. The average molecular weight is 343 g/mol. The van der Waals surface area contributed by atoms with Gasteiger partial charge in [0.15, 0.2) is 0 Å². The molecule has 1 aliphatic rings. The third-order valence-electron chi connectivity index (χ3n) is 4.18. The topological polar surface area (TPSA) is 49.4 Å². The van der Waals surface area contributed by atoms with Crippen molar-refractivity contribution in [3.8, 4) is 0 Å². The minimum atomic E-state index is -0.260. The number of hydrogen-bond acceptors (Lipinski definition) is 2. The molecule has 3 rings (SSSR count). The Kier molecular flexibility index (Phi) is 4.86. The van der Waals surface area contributed by atoms with E-state index in [9.17, 15) is 9.59 Å². The Hall–Kier alpha value is -2.33. The van der Waals surface area contributed by atoms with Crippen LogP contribution in [-0.4, -0.2) is 18.4 Å². The number of amides is 2. The van der Waals surface area contributed by atoms with Gasteiger partial charge in [-0.25, -0.2) is 0 Å². The Morgan fingerprint density at radius 1 is 1.21 bits per heavy atom. The highest BCUT2D eigenvalue weighted by molar-refractivity contribution is 6.34. The SMILES string of the molecule is CCC(=O)N1CCCc2ccc(NC(=O)c3ccccc3Cl)cc21. The van der Waals surface area contributed by atoms with Gasteiger partial charge >= 0.3 is 0 Å². The lowest BCUT2D eigenvalue weighted by Crippen LogP contribution is -2.35. The van der Waals surface area contributed by atoms with Crippen molar-refractivity contribution >= 4 is 34.8 Å². The van der Waals surface area contributed by atoms with Crippen molar-refractivity contribution in [3.63, 3.8) is 0 Å². The zero-order valence-corrected chi connectivity index (χ0v) is 14.3. The van der Waals surface area contributed by atoms with Gasteiger partial charge in [0.1, 0.15) is 0 Å². The number of nitrogens with one attached hydrogen (secondary N) is 1. The molecule has 0 aliphatic carbocycles. The third kappa shape index (κ3) is 3.29. The Balaban J connectivity index is 1.87. The monoisotopic (exact) mass is 342 g/mol. The quantitative estimate of drug-likeness (QED) is 0.905. The summed E-state index contributed by atoms with van der Waals surface area (Å²) in [4.78, 5) is 26.4. The number of rotatable bonds is 3. The van der Waals surface area contributed by atoms with Crippen LogP contribution in [0.4, 0.5) is 11.4 Å². The number of benzene rings is 2. The molecule has 0 saturated carbocycles. The standard InChI is InChI=1S/C19H19ClN2O2/c1-2-18(23)22-11-5-6-13-9-10-14(12-17(13)22)21-19(24)15-7-3-4-8-16(15)20/h3-4,7-10,12H,2,5-6,11H2,1H3,(H,21,24). The molecule has 1 aliphatic heterocycles. The van der Waals surface area contributed by atoms with Gasteiger partial charge in [0, 0.05) is 24.3 Å². The van der Waals surface area contributed by atoms with E-state index in [1.54, 1.807) is 24.3 Å². The molecule has 1 heterocycles. The van der Waals surface area contributed by atoms with Crippen LogP contribution >= 0.6 is 11.6 Å². The van der Waals surface area contributed by atoms with Gasteiger partial charge in [-0.2, -0.15) is 0 Å². The summed E-state index contributed by atoms with van der Waals surface area (Å²) >= 11 is 6.07. The summed E-state index contributed by atoms with van der Waals surface area (Å²) in [6.07, 6.45) is 2.38.